The molecule has 1 aromatic rings. The number of nitrogens with one attached hydrogen (secondary N) is 1. The van der Waals surface area contributed by atoms with Crippen molar-refractivity contribution in [3.63, 3.8) is 0 Å². The van der Waals surface area contributed by atoms with Crippen LogP contribution in [0.5, 0.6) is 0 Å². The van der Waals surface area contributed by atoms with Gasteiger partial charge < -0.3 is 5.73 Å². The highest BCUT2D eigenvalue weighted by Crippen LogP contribution is 2.21. The molecule has 0 amide bonds. The van der Waals surface area contributed by atoms with E-state index in [0.717, 1.165) is 5.56 Å². The fourth-order valence-corrected chi connectivity index (χ4v) is 5.40. The van der Waals surface area contributed by atoms with Gasteiger partial charge in [-0.3, -0.25) is 0 Å². The average molecular weight is 318 g/mol. The van der Waals surface area contributed by atoms with Gasteiger partial charge in [-0.1, -0.05) is 0 Å². The molecule has 0 bridgehead atoms. The molecule has 3 N–H and O–H groups in total. The predicted octanol–water partition coefficient (Wildman–Crippen LogP) is 0.433. The molecule has 8 heteroatoms. The summed E-state index contributed by atoms with van der Waals surface area (Å²) in [6.45, 7) is 1.66. The van der Waals surface area contributed by atoms with Crippen LogP contribution < -0.4 is 10.5 Å². The first-order valence-corrected chi connectivity index (χ1v) is 9.49. The molecular weight excluding hydrogens is 300 g/mol. The molecule has 2 rings (SSSR count). The van der Waals surface area contributed by atoms with Gasteiger partial charge in [0.05, 0.1) is 15.9 Å². The summed E-state index contributed by atoms with van der Waals surface area (Å²) in [5.41, 5.74) is 6.72. The molecule has 0 spiro atoms. The molecular formula is C12H18N2O4S2. The lowest BCUT2D eigenvalue weighted by atomic mass is 10.2. The molecule has 1 saturated heterocycles. The zero-order chi connectivity index (χ0) is 15.0. The van der Waals surface area contributed by atoms with Gasteiger partial charge in [-0.2, -0.15) is 0 Å². The van der Waals surface area contributed by atoms with E-state index in [1.165, 1.54) is 12.1 Å². The highest BCUT2D eigenvalue weighted by atomic mass is 32.2. The van der Waals surface area contributed by atoms with Crippen molar-refractivity contribution in [1.29, 1.82) is 0 Å². The van der Waals surface area contributed by atoms with E-state index in [2.05, 4.69) is 4.72 Å². The number of hydrogen-bond donors (Lipinski definition) is 2. The minimum atomic E-state index is -3.74. The second-order valence-electron chi connectivity index (χ2n) is 5.06. The summed E-state index contributed by atoms with van der Waals surface area (Å²) in [7, 11) is -6.90. The first-order chi connectivity index (χ1) is 9.21. The van der Waals surface area contributed by atoms with Crippen molar-refractivity contribution in [3.05, 3.63) is 23.8 Å². The minimum Gasteiger partial charge on any atom is -0.399 e. The topological polar surface area (TPSA) is 106 Å². The van der Waals surface area contributed by atoms with Crippen LogP contribution in [0.2, 0.25) is 0 Å². The fourth-order valence-electron chi connectivity index (χ4n) is 2.31. The van der Waals surface area contributed by atoms with Crippen LogP contribution >= 0.6 is 0 Å². The smallest absolute Gasteiger partial charge is 0.240 e. The summed E-state index contributed by atoms with van der Waals surface area (Å²) >= 11 is 0. The summed E-state index contributed by atoms with van der Waals surface area (Å²) in [4.78, 5) is 0.0606. The maximum absolute atomic E-state index is 12.1. The summed E-state index contributed by atoms with van der Waals surface area (Å²) in [5.74, 6) is 0.136. The van der Waals surface area contributed by atoms with Gasteiger partial charge in [0.25, 0.3) is 0 Å². The van der Waals surface area contributed by atoms with Gasteiger partial charge in [0.2, 0.25) is 10.0 Å². The highest BCUT2D eigenvalue weighted by molar-refractivity contribution is 7.92. The average Bonchev–Trinajstić information content (AvgIpc) is 2.64. The van der Waals surface area contributed by atoms with Gasteiger partial charge in [-0.25, -0.2) is 21.6 Å². The van der Waals surface area contributed by atoms with E-state index in [1.54, 1.807) is 13.0 Å². The largest absolute Gasteiger partial charge is 0.399 e. The summed E-state index contributed by atoms with van der Waals surface area (Å²) < 4.78 is 50.0. The first-order valence-electron chi connectivity index (χ1n) is 6.29. The molecule has 1 unspecified atom stereocenters. The Morgan fingerprint density at radius 1 is 1.35 bits per heavy atom. The third kappa shape index (κ3) is 3.31. The van der Waals surface area contributed by atoms with Crippen molar-refractivity contribution in [2.24, 2.45) is 0 Å². The Kier molecular flexibility index (Phi) is 4.08. The Labute approximate surface area is 119 Å². The van der Waals surface area contributed by atoms with Gasteiger partial charge in [0.1, 0.15) is 0 Å². The molecule has 0 aromatic heterocycles. The van der Waals surface area contributed by atoms with E-state index in [1.807, 2.05) is 0 Å². The lowest BCUT2D eigenvalue weighted by Crippen LogP contribution is -2.34. The van der Waals surface area contributed by atoms with Crippen LogP contribution in [0.4, 0.5) is 5.69 Å². The number of sulfonamides is 1. The number of rotatable bonds is 4. The van der Waals surface area contributed by atoms with Crippen molar-refractivity contribution in [2.45, 2.75) is 29.9 Å². The number of sulfone groups is 1. The lowest BCUT2D eigenvalue weighted by molar-refractivity contribution is 0.571. The zero-order valence-corrected chi connectivity index (χ0v) is 12.8. The van der Waals surface area contributed by atoms with E-state index in [-0.39, 0.29) is 17.2 Å². The van der Waals surface area contributed by atoms with Gasteiger partial charge in [-0.15, -0.1) is 0 Å². The van der Waals surface area contributed by atoms with Gasteiger partial charge in [-0.05, 0) is 43.5 Å². The Hall–Kier alpha value is -1.12. The quantitative estimate of drug-likeness (QED) is 0.783. The van der Waals surface area contributed by atoms with Gasteiger partial charge in [0.15, 0.2) is 9.84 Å². The standard InChI is InChI=1S/C12H18N2O4S2/c1-9-5-10(13)7-12(6-9)20(17,18)14-8-11-3-2-4-19(11,15)16/h5-7,11,14H,2-4,8,13H2,1H3. The monoisotopic (exact) mass is 318 g/mol. The van der Waals surface area contributed by atoms with Crippen molar-refractivity contribution >= 4 is 25.5 Å². The SMILES string of the molecule is Cc1cc(N)cc(S(=O)(=O)NCC2CCCS2(=O)=O)c1. The maximum Gasteiger partial charge on any atom is 0.240 e. The molecule has 1 aliphatic heterocycles. The molecule has 0 saturated carbocycles. The molecule has 0 radical (unpaired) electrons. The van der Waals surface area contributed by atoms with Crippen LogP contribution in [0.3, 0.4) is 0 Å². The van der Waals surface area contributed by atoms with Crippen molar-refractivity contribution < 1.29 is 16.8 Å². The van der Waals surface area contributed by atoms with Crippen LogP contribution in [0.25, 0.3) is 0 Å². The Morgan fingerprint density at radius 3 is 2.60 bits per heavy atom. The number of aryl methyl sites for hydroxylation is 1. The van der Waals surface area contributed by atoms with Crippen LogP contribution in [-0.2, 0) is 19.9 Å². The first kappa shape index (κ1) is 15.3. The zero-order valence-electron chi connectivity index (χ0n) is 11.2. The van der Waals surface area contributed by atoms with E-state index in [0.29, 0.717) is 18.5 Å². The van der Waals surface area contributed by atoms with E-state index >= 15 is 0 Å². The number of anilines is 1. The normalized spacial score (nSPS) is 21.9. The molecule has 20 heavy (non-hydrogen) atoms. The summed E-state index contributed by atoms with van der Waals surface area (Å²) in [5, 5.41) is -0.626. The van der Waals surface area contributed by atoms with Crippen molar-refractivity contribution in [1.82, 2.24) is 4.72 Å². The van der Waals surface area contributed by atoms with Gasteiger partial charge >= 0.3 is 0 Å². The second-order valence-corrected chi connectivity index (χ2v) is 9.23. The molecule has 1 heterocycles. The van der Waals surface area contributed by atoms with Crippen molar-refractivity contribution in [3.8, 4) is 0 Å². The highest BCUT2D eigenvalue weighted by Gasteiger charge is 2.32. The number of hydrogen-bond acceptors (Lipinski definition) is 5. The van der Waals surface area contributed by atoms with Crippen LogP contribution in [0.1, 0.15) is 18.4 Å². The Morgan fingerprint density at radius 2 is 2.05 bits per heavy atom. The predicted molar refractivity (Wildman–Crippen MR) is 77.6 cm³/mol. The molecule has 1 atom stereocenters. The molecule has 112 valence electrons. The number of nitrogens with two attached hydrogens (primary N) is 1. The van der Waals surface area contributed by atoms with Crippen LogP contribution in [0, 0.1) is 6.92 Å². The summed E-state index contributed by atoms with van der Waals surface area (Å²) in [6.07, 6.45) is 1.09. The number of nitrogen functional groups attached to an aromatic ring is 1. The minimum absolute atomic E-state index is 0.0606. The maximum atomic E-state index is 12.1. The third-order valence-electron chi connectivity index (χ3n) is 3.35. The molecule has 1 aliphatic rings. The van der Waals surface area contributed by atoms with Crippen LogP contribution in [0.15, 0.2) is 23.1 Å². The molecule has 1 fully saturated rings. The van der Waals surface area contributed by atoms with Crippen molar-refractivity contribution in [2.75, 3.05) is 18.0 Å². The Bertz CT molecular complexity index is 691. The Balaban J connectivity index is 2.16. The van der Waals surface area contributed by atoms with E-state index < -0.39 is 25.1 Å². The number of benzene rings is 1. The molecule has 1 aromatic carbocycles. The van der Waals surface area contributed by atoms with E-state index in [4.69, 9.17) is 5.73 Å². The fraction of sp³-hybridized carbons (Fsp3) is 0.500. The second kappa shape index (κ2) is 5.34. The summed E-state index contributed by atoms with van der Waals surface area (Å²) in [6, 6.07) is 4.53. The molecule has 0 aliphatic carbocycles. The molecule has 6 nitrogen and oxygen atoms in total. The van der Waals surface area contributed by atoms with Crippen LogP contribution in [-0.4, -0.2) is 34.4 Å². The lowest BCUT2D eigenvalue weighted by Gasteiger charge is -2.12. The van der Waals surface area contributed by atoms with E-state index in [9.17, 15) is 16.8 Å². The van der Waals surface area contributed by atoms with Gasteiger partial charge in [0, 0.05) is 12.2 Å². The third-order valence-corrected chi connectivity index (χ3v) is 7.03.